The summed E-state index contributed by atoms with van der Waals surface area (Å²) in [6, 6.07) is 2.79. The van der Waals surface area contributed by atoms with Crippen molar-refractivity contribution in [2.24, 2.45) is 5.92 Å². The van der Waals surface area contributed by atoms with Crippen LogP contribution in [0.15, 0.2) is 13.6 Å². The second kappa shape index (κ2) is 5.30. The Kier molecular flexibility index (Phi) is 4.27. The van der Waals surface area contributed by atoms with Crippen molar-refractivity contribution in [3.05, 3.63) is 19.2 Å². The summed E-state index contributed by atoms with van der Waals surface area (Å²) in [4.78, 5) is 0. The Morgan fingerprint density at radius 2 is 2.27 bits per heavy atom. The molecular weight excluding hydrogens is 338 g/mol. The van der Waals surface area contributed by atoms with Crippen LogP contribution in [0, 0.1) is 5.92 Å². The molecule has 15 heavy (non-hydrogen) atoms. The molecule has 1 heterocycles. The topological polar surface area (TPSA) is 12.0 Å². The van der Waals surface area contributed by atoms with Gasteiger partial charge in [0, 0.05) is 6.04 Å². The van der Waals surface area contributed by atoms with Gasteiger partial charge in [0.2, 0.25) is 0 Å². The van der Waals surface area contributed by atoms with Crippen LogP contribution in [0.25, 0.3) is 0 Å². The quantitative estimate of drug-likeness (QED) is 0.826. The molecule has 1 unspecified atom stereocenters. The molecular formula is C11H15Br2NS. The van der Waals surface area contributed by atoms with Crippen LogP contribution in [0.5, 0.6) is 0 Å². The second-order valence-corrected chi connectivity index (χ2v) is 7.76. The summed E-state index contributed by atoms with van der Waals surface area (Å²) in [5.41, 5.74) is 1.43. The molecule has 4 heteroatoms. The Hall–Kier alpha value is 0.620. The fourth-order valence-corrected chi connectivity index (χ4v) is 5.02. The minimum atomic E-state index is 0.542. The van der Waals surface area contributed by atoms with Crippen molar-refractivity contribution < 1.29 is 0 Å². The van der Waals surface area contributed by atoms with Crippen LogP contribution in [-0.4, -0.2) is 6.54 Å². The Bertz CT molecular complexity index is 333. The summed E-state index contributed by atoms with van der Waals surface area (Å²) >= 11 is 8.98. The molecule has 84 valence electrons. The van der Waals surface area contributed by atoms with Gasteiger partial charge >= 0.3 is 0 Å². The molecule has 1 fully saturated rings. The summed E-state index contributed by atoms with van der Waals surface area (Å²) in [5.74, 6) is 0.836. The maximum atomic E-state index is 3.66. The van der Waals surface area contributed by atoms with Crippen LogP contribution in [0.3, 0.4) is 0 Å². The van der Waals surface area contributed by atoms with E-state index in [1.807, 2.05) is 0 Å². The van der Waals surface area contributed by atoms with E-state index < -0.39 is 0 Å². The highest BCUT2D eigenvalue weighted by Gasteiger charge is 2.29. The summed E-state index contributed by atoms with van der Waals surface area (Å²) in [6.45, 7) is 3.22. The van der Waals surface area contributed by atoms with Gasteiger partial charge < -0.3 is 5.32 Å². The maximum Gasteiger partial charge on any atom is 0.0758 e. The highest BCUT2D eigenvalue weighted by atomic mass is 79.9. The smallest absolute Gasteiger partial charge is 0.0758 e. The molecule has 1 atom stereocenters. The molecule has 0 aliphatic heterocycles. The molecule has 1 saturated carbocycles. The van der Waals surface area contributed by atoms with E-state index in [1.165, 1.54) is 32.4 Å². The Balaban J connectivity index is 2.19. The normalized spacial score (nSPS) is 18.9. The lowest BCUT2D eigenvalue weighted by atomic mass is 9.78. The summed E-state index contributed by atoms with van der Waals surface area (Å²) in [5, 5.41) is 3.61. The molecule has 1 aliphatic rings. The minimum Gasteiger partial charge on any atom is -0.310 e. The van der Waals surface area contributed by atoms with Gasteiger partial charge in [-0.3, -0.25) is 0 Å². The molecule has 1 nitrogen and oxygen atoms in total. The molecule has 1 aromatic heterocycles. The summed E-state index contributed by atoms with van der Waals surface area (Å²) in [7, 11) is 0. The second-order valence-electron chi connectivity index (χ2n) is 4.01. The van der Waals surface area contributed by atoms with E-state index in [0.29, 0.717) is 6.04 Å². The molecule has 1 aliphatic carbocycles. The van der Waals surface area contributed by atoms with E-state index >= 15 is 0 Å². The number of hydrogen-bond donors (Lipinski definition) is 1. The Labute approximate surface area is 112 Å². The highest BCUT2D eigenvalue weighted by Crippen LogP contribution is 2.43. The highest BCUT2D eigenvalue weighted by molar-refractivity contribution is 9.12. The van der Waals surface area contributed by atoms with Crippen molar-refractivity contribution in [1.29, 1.82) is 0 Å². The van der Waals surface area contributed by atoms with Crippen molar-refractivity contribution in [1.82, 2.24) is 5.32 Å². The van der Waals surface area contributed by atoms with Gasteiger partial charge in [-0.25, -0.2) is 0 Å². The molecule has 0 aromatic carbocycles. The van der Waals surface area contributed by atoms with Gasteiger partial charge in [0.1, 0.15) is 0 Å². The van der Waals surface area contributed by atoms with Crippen molar-refractivity contribution in [2.75, 3.05) is 6.54 Å². The molecule has 1 N–H and O–H groups in total. The summed E-state index contributed by atoms with van der Waals surface area (Å²) < 4.78 is 2.49. The van der Waals surface area contributed by atoms with Crippen molar-refractivity contribution >= 4 is 43.2 Å². The molecule has 0 bridgehead atoms. The molecule has 0 spiro atoms. The molecule has 0 saturated heterocycles. The minimum absolute atomic E-state index is 0.542. The van der Waals surface area contributed by atoms with Crippen molar-refractivity contribution in [3.8, 4) is 0 Å². The zero-order chi connectivity index (χ0) is 10.8. The largest absolute Gasteiger partial charge is 0.310 e. The third-order valence-electron chi connectivity index (χ3n) is 3.06. The number of thiophene rings is 1. The van der Waals surface area contributed by atoms with Crippen LogP contribution in [0.1, 0.15) is 37.8 Å². The number of rotatable bonds is 4. The molecule has 0 amide bonds. The van der Waals surface area contributed by atoms with E-state index in [-0.39, 0.29) is 0 Å². The molecule has 0 radical (unpaired) electrons. The van der Waals surface area contributed by atoms with Crippen LogP contribution in [-0.2, 0) is 0 Å². The van der Waals surface area contributed by atoms with E-state index in [2.05, 4.69) is 50.2 Å². The fraction of sp³-hybridized carbons (Fsp3) is 0.636. The van der Waals surface area contributed by atoms with Gasteiger partial charge in [0.05, 0.1) is 7.57 Å². The van der Waals surface area contributed by atoms with Crippen LogP contribution < -0.4 is 5.32 Å². The zero-order valence-corrected chi connectivity index (χ0v) is 12.7. The van der Waals surface area contributed by atoms with E-state index in [9.17, 15) is 0 Å². The lowest BCUT2D eigenvalue weighted by Gasteiger charge is -2.34. The Morgan fingerprint density at radius 3 is 2.67 bits per heavy atom. The first-order chi connectivity index (χ1) is 7.22. The van der Waals surface area contributed by atoms with Crippen LogP contribution >= 0.6 is 43.2 Å². The average Bonchev–Trinajstić information content (AvgIpc) is 2.41. The number of nitrogens with one attached hydrogen (secondary N) is 1. The van der Waals surface area contributed by atoms with Gasteiger partial charge in [-0.1, -0.05) is 13.3 Å². The van der Waals surface area contributed by atoms with E-state index in [4.69, 9.17) is 0 Å². The van der Waals surface area contributed by atoms with Gasteiger partial charge in [0.25, 0.3) is 0 Å². The van der Waals surface area contributed by atoms with E-state index in [0.717, 1.165) is 12.5 Å². The maximum absolute atomic E-state index is 3.66. The average molecular weight is 353 g/mol. The first-order valence-electron chi connectivity index (χ1n) is 5.40. The van der Waals surface area contributed by atoms with Gasteiger partial charge in [-0.15, -0.1) is 11.3 Å². The van der Waals surface area contributed by atoms with E-state index in [1.54, 1.807) is 11.3 Å². The molecule has 1 aromatic rings. The van der Waals surface area contributed by atoms with Gasteiger partial charge in [-0.05, 0) is 68.8 Å². The number of halogens is 2. The third kappa shape index (κ3) is 2.65. The first kappa shape index (κ1) is 12.1. The van der Waals surface area contributed by atoms with Crippen molar-refractivity contribution in [3.63, 3.8) is 0 Å². The summed E-state index contributed by atoms with van der Waals surface area (Å²) in [6.07, 6.45) is 4.14. The van der Waals surface area contributed by atoms with Crippen LogP contribution in [0.4, 0.5) is 0 Å². The monoisotopic (exact) mass is 351 g/mol. The van der Waals surface area contributed by atoms with Gasteiger partial charge in [0.15, 0.2) is 0 Å². The lowest BCUT2D eigenvalue weighted by molar-refractivity contribution is 0.233. The van der Waals surface area contributed by atoms with Crippen LogP contribution in [0.2, 0.25) is 0 Å². The third-order valence-corrected chi connectivity index (χ3v) is 5.45. The molecule has 2 rings (SSSR count). The van der Waals surface area contributed by atoms with Crippen molar-refractivity contribution in [2.45, 2.75) is 32.2 Å². The predicted molar refractivity (Wildman–Crippen MR) is 73.5 cm³/mol. The standard InChI is InChI=1S/C11H15Br2NS/c1-2-14-10(7-4-3-5-7)8-6-9(12)15-11(8)13/h6-7,10,14H,2-5H2,1H3. The Morgan fingerprint density at radius 1 is 1.53 bits per heavy atom. The zero-order valence-electron chi connectivity index (χ0n) is 8.72. The lowest BCUT2D eigenvalue weighted by Crippen LogP contribution is -2.31. The first-order valence-corrected chi connectivity index (χ1v) is 7.80. The fourth-order valence-electron chi connectivity index (χ4n) is 2.09. The predicted octanol–water partition coefficient (Wildman–Crippen LogP) is 4.72. The van der Waals surface area contributed by atoms with Gasteiger partial charge in [-0.2, -0.15) is 0 Å². The SMILES string of the molecule is CCNC(c1cc(Br)sc1Br)C1CCC1. The number of hydrogen-bond acceptors (Lipinski definition) is 2.